The SMILES string of the molecule is CC[C@@H](C)NC(=O)[C@@H](C)N(Cc1ccc(Cl)c(Cl)c1)C(=O)CN(c1cc(Cl)ccc1C)S(=O)(=O)c1ccccc1. The summed E-state index contributed by atoms with van der Waals surface area (Å²) in [5.41, 5.74) is 1.49. The number of hydrogen-bond acceptors (Lipinski definition) is 4. The van der Waals surface area contributed by atoms with Gasteiger partial charge in [-0.15, -0.1) is 0 Å². The van der Waals surface area contributed by atoms with E-state index < -0.39 is 28.5 Å². The second-order valence-electron chi connectivity index (χ2n) is 9.52. The standard InChI is InChI=1S/C29H32Cl3N3O4S/c1-5-20(3)33-29(37)21(4)34(17-22-12-14-25(31)26(32)15-22)28(36)18-35(27-16-23(30)13-11-19(27)2)40(38,39)24-9-7-6-8-10-24/h6-16,20-21H,5,17-18H2,1-4H3,(H,33,37)/t20-,21-/m1/s1. The van der Waals surface area contributed by atoms with Crippen LogP contribution in [0.1, 0.15) is 38.3 Å². The van der Waals surface area contributed by atoms with Crippen molar-refractivity contribution in [3.8, 4) is 0 Å². The van der Waals surface area contributed by atoms with E-state index in [2.05, 4.69) is 5.32 Å². The van der Waals surface area contributed by atoms with Crippen molar-refractivity contribution in [1.29, 1.82) is 0 Å². The van der Waals surface area contributed by atoms with Crippen molar-refractivity contribution in [2.45, 2.75) is 57.6 Å². The molecule has 0 bridgehead atoms. The highest BCUT2D eigenvalue weighted by molar-refractivity contribution is 7.92. The molecule has 11 heteroatoms. The molecule has 0 radical (unpaired) electrons. The second kappa shape index (κ2) is 13.7. The highest BCUT2D eigenvalue weighted by Gasteiger charge is 2.33. The first-order chi connectivity index (χ1) is 18.8. The van der Waals surface area contributed by atoms with E-state index >= 15 is 0 Å². The van der Waals surface area contributed by atoms with Crippen LogP contribution in [0.5, 0.6) is 0 Å². The number of nitrogens with one attached hydrogen (secondary N) is 1. The lowest BCUT2D eigenvalue weighted by Crippen LogP contribution is -2.52. The van der Waals surface area contributed by atoms with Crippen LogP contribution in [0.3, 0.4) is 0 Å². The molecular formula is C29H32Cl3N3O4S. The Morgan fingerprint density at radius 1 is 0.925 bits per heavy atom. The van der Waals surface area contributed by atoms with Gasteiger partial charge in [0.15, 0.2) is 0 Å². The molecule has 0 spiro atoms. The average molecular weight is 625 g/mol. The van der Waals surface area contributed by atoms with Crippen molar-refractivity contribution >= 4 is 62.3 Å². The molecule has 1 N–H and O–H groups in total. The lowest BCUT2D eigenvalue weighted by molar-refractivity contribution is -0.139. The summed E-state index contributed by atoms with van der Waals surface area (Å²) < 4.78 is 28.8. The van der Waals surface area contributed by atoms with E-state index in [9.17, 15) is 18.0 Å². The maximum atomic E-state index is 14.0. The summed E-state index contributed by atoms with van der Waals surface area (Å²) in [4.78, 5) is 28.5. The van der Waals surface area contributed by atoms with Gasteiger partial charge in [-0.3, -0.25) is 13.9 Å². The van der Waals surface area contributed by atoms with E-state index in [-0.39, 0.29) is 29.1 Å². The van der Waals surface area contributed by atoms with Crippen LogP contribution in [0.4, 0.5) is 5.69 Å². The molecule has 3 aromatic carbocycles. The van der Waals surface area contributed by atoms with Gasteiger partial charge in [0.2, 0.25) is 11.8 Å². The van der Waals surface area contributed by atoms with Gasteiger partial charge in [0, 0.05) is 17.6 Å². The van der Waals surface area contributed by atoms with E-state index in [1.807, 2.05) is 13.8 Å². The van der Waals surface area contributed by atoms with Crippen molar-refractivity contribution in [1.82, 2.24) is 10.2 Å². The Hall–Kier alpha value is -2.78. The highest BCUT2D eigenvalue weighted by Crippen LogP contribution is 2.30. The fourth-order valence-corrected chi connectivity index (χ4v) is 5.95. The molecule has 3 rings (SSSR count). The summed E-state index contributed by atoms with van der Waals surface area (Å²) in [6, 6.07) is 16.6. The third-order valence-corrected chi connectivity index (χ3v) is 9.30. The topological polar surface area (TPSA) is 86.8 Å². The first-order valence-electron chi connectivity index (χ1n) is 12.7. The van der Waals surface area contributed by atoms with Gasteiger partial charge in [0.25, 0.3) is 10.0 Å². The summed E-state index contributed by atoms with van der Waals surface area (Å²) in [5, 5.41) is 3.86. The molecule has 214 valence electrons. The van der Waals surface area contributed by atoms with Gasteiger partial charge in [-0.05, 0) is 74.7 Å². The van der Waals surface area contributed by atoms with Crippen molar-refractivity contribution in [2.75, 3.05) is 10.8 Å². The Kier molecular flexibility index (Phi) is 10.9. The minimum atomic E-state index is -4.19. The lowest BCUT2D eigenvalue weighted by Gasteiger charge is -2.33. The van der Waals surface area contributed by atoms with E-state index in [0.29, 0.717) is 32.6 Å². The first kappa shape index (κ1) is 31.7. The van der Waals surface area contributed by atoms with Crippen LogP contribution in [-0.4, -0.2) is 43.8 Å². The average Bonchev–Trinajstić information content (AvgIpc) is 2.93. The normalized spacial score (nSPS) is 12.9. The Morgan fingerprint density at radius 3 is 2.23 bits per heavy atom. The minimum absolute atomic E-state index is 0.00142. The van der Waals surface area contributed by atoms with E-state index in [1.54, 1.807) is 62.4 Å². The van der Waals surface area contributed by atoms with Crippen molar-refractivity contribution in [3.63, 3.8) is 0 Å². The minimum Gasteiger partial charge on any atom is -0.352 e. The Labute approximate surface area is 251 Å². The van der Waals surface area contributed by atoms with Crippen LogP contribution >= 0.6 is 34.8 Å². The van der Waals surface area contributed by atoms with Gasteiger partial charge in [0.1, 0.15) is 12.6 Å². The molecular weight excluding hydrogens is 593 g/mol. The van der Waals surface area contributed by atoms with E-state index in [0.717, 1.165) is 4.31 Å². The molecule has 0 aromatic heterocycles. The molecule has 2 amide bonds. The van der Waals surface area contributed by atoms with Crippen molar-refractivity contribution in [2.24, 2.45) is 0 Å². The summed E-state index contributed by atoms with van der Waals surface area (Å²) in [7, 11) is -4.19. The van der Waals surface area contributed by atoms with Crippen LogP contribution in [0.25, 0.3) is 0 Å². The molecule has 7 nitrogen and oxygen atoms in total. The number of aryl methyl sites for hydroxylation is 1. The van der Waals surface area contributed by atoms with Gasteiger partial charge in [-0.2, -0.15) is 0 Å². The fraction of sp³-hybridized carbons (Fsp3) is 0.310. The van der Waals surface area contributed by atoms with E-state index in [1.165, 1.54) is 23.1 Å². The molecule has 0 saturated carbocycles. The Balaban J connectivity index is 2.07. The molecule has 0 heterocycles. The van der Waals surface area contributed by atoms with E-state index in [4.69, 9.17) is 34.8 Å². The van der Waals surface area contributed by atoms with Gasteiger partial charge in [0.05, 0.1) is 20.6 Å². The Bertz CT molecular complexity index is 1470. The second-order valence-corrected chi connectivity index (χ2v) is 12.6. The monoisotopic (exact) mass is 623 g/mol. The first-order valence-corrected chi connectivity index (χ1v) is 15.3. The molecule has 40 heavy (non-hydrogen) atoms. The predicted octanol–water partition coefficient (Wildman–Crippen LogP) is 6.48. The number of anilines is 1. The number of rotatable bonds is 11. The maximum Gasteiger partial charge on any atom is 0.264 e. The summed E-state index contributed by atoms with van der Waals surface area (Å²) in [6.07, 6.45) is 0.705. The zero-order valence-corrected chi connectivity index (χ0v) is 25.8. The zero-order chi connectivity index (χ0) is 29.6. The molecule has 3 aromatic rings. The van der Waals surface area contributed by atoms with Gasteiger partial charge in [-0.1, -0.05) is 72.1 Å². The van der Waals surface area contributed by atoms with Crippen LogP contribution in [-0.2, 0) is 26.2 Å². The molecule has 0 fully saturated rings. The fourth-order valence-electron chi connectivity index (χ4n) is 3.97. The summed E-state index contributed by atoms with van der Waals surface area (Å²) >= 11 is 18.5. The van der Waals surface area contributed by atoms with Gasteiger partial charge >= 0.3 is 0 Å². The predicted molar refractivity (Wildman–Crippen MR) is 162 cm³/mol. The lowest BCUT2D eigenvalue weighted by atomic mass is 10.1. The number of halogens is 3. The molecule has 0 saturated heterocycles. The number of hydrogen-bond donors (Lipinski definition) is 1. The number of carbonyl (C=O) groups excluding carboxylic acids is 2. The van der Waals surface area contributed by atoms with Crippen LogP contribution in [0, 0.1) is 6.92 Å². The maximum absolute atomic E-state index is 14.0. The highest BCUT2D eigenvalue weighted by atomic mass is 35.5. The molecule has 0 aliphatic carbocycles. The molecule has 0 aliphatic heterocycles. The number of carbonyl (C=O) groups is 2. The zero-order valence-electron chi connectivity index (χ0n) is 22.7. The van der Waals surface area contributed by atoms with Crippen molar-refractivity contribution in [3.05, 3.63) is 92.9 Å². The quantitative estimate of drug-likeness (QED) is 0.265. The van der Waals surface area contributed by atoms with Gasteiger partial charge < -0.3 is 10.2 Å². The number of nitrogens with zero attached hydrogens (tertiary/aromatic N) is 2. The van der Waals surface area contributed by atoms with Crippen molar-refractivity contribution < 1.29 is 18.0 Å². The third kappa shape index (κ3) is 7.69. The third-order valence-electron chi connectivity index (χ3n) is 6.56. The largest absolute Gasteiger partial charge is 0.352 e. The number of sulfonamides is 1. The van der Waals surface area contributed by atoms with Crippen LogP contribution in [0.2, 0.25) is 15.1 Å². The number of benzene rings is 3. The summed E-state index contributed by atoms with van der Waals surface area (Å²) in [6.45, 7) is 6.58. The summed E-state index contributed by atoms with van der Waals surface area (Å²) in [5.74, 6) is -0.948. The van der Waals surface area contributed by atoms with Gasteiger partial charge in [-0.25, -0.2) is 8.42 Å². The molecule has 2 atom stereocenters. The van der Waals surface area contributed by atoms with Crippen LogP contribution < -0.4 is 9.62 Å². The smallest absolute Gasteiger partial charge is 0.264 e. The Morgan fingerprint density at radius 2 is 1.60 bits per heavy atom. The number of amides is 2. The molecule has 0 unspecified atom stereocenters. The van der Waals surface area contributed by atoms with Crippen LogP contribution in [0.15, 0.2) is 71.6 Å². The molecule has 0 aliphatic rings.